The second-order valence-corrected chi connectivity index (χ2v) is 5.20. The van der Waals surface area contributed by atoms with E-state index in [1.54, 1.807) is 26.8 Å². The second-order valence-electron chi connectivity index (χ2n) is 5.20. The van der Waals surface area contributed by atoms with Gasteiger partial charge in [-0.2, -0.15) is 0 Å². The molecule has 1 atom stereocenters. The van der Waals surface area contributed by atoms with Gasteiger partial charge in [-0.3, -0.25) is 0 Å². The van der Waals surface area contributed by atoms with E-state index in [1.165, 1.54) is 20.4 Å². The molecule has 0 bridgehead atoms. The van der Waals surface area contributed by atoms with Crippen LogP contribution in [0.25, 0.3) is 0 Å². The number of aldehydes is 1. The Morgan fingerprint density at radius 2 is 2.00 bits per heavy atom. The number of methoxy groups -OCH3 is 2. The molecule has 1 aromatic heterocycles. The number of carbonyl (C=O) groups excluding carboxylic acids is 2. The third-order valence-corrected chi connectivity index (χ3v) is 2.45. The minimum Gasteiger partial charge on any atom is -0.496 e. The number of rotatable bonds is 5. The highest BCUT2D eigenvalue weighted by atomic mass is 16.6. The van der Waals surface area contributed by atoms with Crippen LogP contribution < -0.4 is 14.8 Å². The van der Waals surface area contributed by atoms with Gasteiger partial charge in [0.2, 0.25) is 5.88 Å². The van der Waals surface area contributed by atoms with Gasteiger partial charge < -0.3 is 24.3 Å². The van der Waals surface area contributed by atoms with E-state index >= 15 is 0 Å². The fourth-order valence-corrected chi connectivity index (χ4v) is 1.67. The molecule has 0 saturated heterocycles. The molecule has 21 heavy (non-hydrogen) atoms. The fraction of sp³-hybridized carbons (Fsp3) is 0.500. The van der Waals surface area contributed by atoms with Gasteiger partial charge in [-0.1, -0.05) is 0 Å². The molecule has 7 heteroatoms. The highest BCUT2D eigenvalue weighted by molar-refractivity contribution is 5.76. The Labute approximate surface area is 123 Å². The van der Waals surface area contributed by atoms with E-state index in [2.05, 4.69) is 10.3 Å². The van der Waals surface area contributed by atoms with Crippen LogP contribution in [0.3, 0.4) is 0 Å². The van der Waals surface area contributed by atoms with E-state index in [1.807, 2.05) is 0 Å². The summed E-state index contributed by atoms with van der Waals surface area (Å²) in [5.74, 6) is 0.581. The van der Waals surface area contributed by atoms with Gasteiger partial charge in [0.25, 0.3) is 0 Å². The van der Waals surface area contributed by atoms with E-state index in [0.29, 0.717) is 17.6 Å². The molecular weight excluding hydrogens is 276 g/mol. The number of nitrogens with zero attached hydrogens (tertiary/aromatic N) is 1. The van der Waals surface area contributed by atoms with Crippen LogP contribution in [0, 0.1) is 0 Å². The van der Waals surface area contributed by atoms with Crippen LogP contribution in [0.5, 0.6) is 11.6 Å². The largest absolute Gasteiger partial charge is 0.496 e. The van der Waals surface area contributed by atoms with Crippen molar-refractivity contribution in [2.45, 2.75) is 32.4 Å². The highest BCUT2D eigenvalue weighted by Crippen LogP contribution is 2.31. The van der Waals surface area contributed by atoms with Crippen molar-refractivity contribution in [3.05, 3.63) is 17.8 Å². The van der Waals surface area contributed by atoms with Crippen molar-refractivity contribution in [1.29, 1.82) is 0 Å². The number of pyridine rings is 1. The van der Waals surface area contributed by atoms with Crippen molar-refractivity contribution in [1.82, 2.24) is 10.3 Å². The minimum absolute atomic E-state index is 0.197. The van der Waals surface area contributed by atoms with Gasteiger partial charge >= 0.3 is 6.09 Å². The molecule has 116 valence electrons. The lowest BCUT2D eigenvalue weighted by atomic mass is 10.1. The Morgan fingerprint density at radius 3 is 2.48 bits per heavy atom. The zero-order chi connectivity index (χ0) is 16.0. The number of ether oxygens (including phenoxy) is 3. The highest BCUT2D eigenvalue weighted by Gasteiger charge is 2.25. The van der Waals surface area contributed by atoms with Crippen molar-refractivity contribution in [2.24, 2.45) is 0 Å². The lowest BCUT2D eigenvalue weighted by molar-refractivity contribution is -0.109. The molecular formula is C14H20N2O5. The van der Waals surface area contributed by atoms with Crippen molar-refractivity contribution in [2.75, 3.05) is 14.2 Å². The number of hydrogen-bond donors (Lipinski definition) is 1. The summed E-state index contributed by atoms with van der Waals surface area (Å²) in [4.78, 5) is 27.1. The third-order valence-electron chi connectivity index (χ3n) is 2.45. The van der Waals surface area contributed by atoms with Crippen LogP contribution in [0.1, 0.15) is 32.4 Å². The maximum Gasteiger partial charge on any atom is 0.408 e. The Balaban J connectivity index is 3.05. The van der Waals surface area contributed by atoms with Gasteiger partial charge in [0.15, 0.2) is 0 Å². The zero-order valence-electron chi connectivity index (χ0n) is 12.8. The summed E-state index contributed by atoms with van der Waals surface area (Å²) in [5, 5.41) is 2.46. The third kappa shape index (κ3) is 4.62. The summed E-state index contributed by atoms with van der Waals surface area (Å²) in [5.41, 5.74) is -0.330. The number of amides is 1. The van der Waals surface area contributed by atoms with Crippen molar-refractivity contribution >= 4 is 12.4 Å². The average molecular weight is 296 g/mol. The number of nitrogens with one attached hydrogen (secondary N) is 1. The summed E-state index contributed by atoms with van der Waals surface area (Å²) in [6.45, 7) is 5.19. The maximum absolute atomic E-state index is 11.8. The van der Waals surface area contributed by atoms with Crippen LogP contribution in [-0.2, 0) is 9.53 Å². The van der Waals surface area contributed by atoms with E-state index in [4.69, 9.17) is 14.2 Å². The Bertz CT molecular complexity index is 488. The lowest BCUT2D eigenvalue weighted by Crippen LogP contribution is -2.35. The smallest absolute Gasteiger partial charge is 0.408 e. The maximum atomic E-state index is 11.8. The average Bonchev–Trinajstić information content (AvgIpc) is 2.42. The van der Waals surface area contributed by atoms with Gasteiger partial charge in [-0.05, 0) is 26.8 Å². The van der Waals surface area contributed by atoms with Crippen LogP contribution in [0.15, 0.2) is 12.3 Å². The number of aromatic nitrogens is 1. The first kappa shape index (κ1) is 16.7. The molecule has 0 aliphatic carbocycles. The van der Waals surface area contributed by atoms with Crippen LogP contribution in [0.2, 0.25) is 0 Å². The predicted octanol–water partition coefficient (Wildman–Crippen LogP) is 1.86. The zero-order valence-corrected chi connectivity index (χ0v) is 12.8. The Hall–Kier alpha value is -2.31. The number of carbonyl (C=O) groups is 2. The predicted molar refractivity (Wildman–Crippen MR) is 75.5 cm³/mol. The molecule has 1 aromatic rings. The number of hydrogen-bond acceptors (Lipinski definition) is 6. The molecule has 1 heterocycles. The van der Waals surface area contributed by atoms with E-state index in [0.717, 1.165) is 0 Å². The lowest BCUT2D eigenvalue weighted by Gasteiger charge is -2.22. The molecule has 0 aliphatic rings. The minimum atomic E-state index is -0.988. The molecule has 0 aromatic carbocycles. The molecule has 0 radical (unpaired) electrons. The first-order chi connectivity index (χ1) is 9.82. The SMILES string of the molecule is COc1ccnc(OC)c1C(C=O)NC(=O)OC(C)(C)C. The molecule has 1 N–H and O–H groups in total. The molecule has 0 spiro atoms. The summed E-state index contributed by atoms with van der Waals surface area (Å²) in [7, 11) is 2.87. The molecule has 0 saturated carbocycles. The summed E-state index contributed by atoms with van der Waals surface area (Å²) in [6, 6.07) is 0.587. The first-order valence-electron chi connectivity index (χ1n) is 6.34. The first-order valence-corrected chi connectivity index (χ1v) is 6.34. The Morgan fingerprint density at radius 1 is 1.33 bits per heavy atom. The van der Waals surface area contributed by atoms with Crippen LogP contribution in [-0.4, -0.2) is 37.2 Å². The summed E-state index contributed by atoms with van der Waals surface area (Å²) in [6.07, 6.45) is 1.33. The molecule has 1 unspecified atom stereocenters. The standard InChI is InChI=1S/C14H20N2O5/c1-14(2,3)21-13(18)16-9(8-17)11-10(19-4)6-7-15-12(11)20-5/h6-9H,1-5H3,(H,16,18). The van der Waals surface area contributed by atoms with E-state index < -0.39 is 17.7 Å². The molecule has 0 aliphatic heterocycles. The molecule has 7 nitrogen and oxygen atoms in total. The van der Waals surface area contributed by atoms with Crippen molar-refractivity contribution in [3.63, 3.8) is 0 Å². The van der Waals surface area contributed by atoms with Gasteiger partial charge in [0.1, 0.15) is 23.7 Å². The van der Waals surface area contributed by atoms with E-state index in [9.17, 15) is 9.59 Å². The fourth-order valence-electron chi connectivity index (χ4n) is 1.67. The molecule has 1 rings (SSSR count). The molecule has 0 fully saturated rings. The summed E-state index contributed by atoms with van der Waals surface area (Å²) >= 11 is 0. The van der Waals surface area contributed by atoms with Crippen molar-refractivity contribution < 1.29 is 23.8 Å². The van der Waals surface area contributed by atoms with Crippen LogP contribution >= 0.6 is 0 Å². The number of alkyl carbamates (subject to hydrolysis) is 1. The van der Waals surface area contributed by atoms with E-state index in [-0.39, 0.29) is 5.88 Å². The van der Waals surface area contributed by atoms with Gasteiger partial charge in [0, 0.05) is 6.20 Å². The second kappa shape index (κ2) is 6.92. The van der Waals surface area contributed by atoms with Gasteiger partial charge in [-0.15, -0.1) is 0 Å². The quantitative estimate of drug-likeness (QED) is 0.835. The molecule has 1 amide bonds. The normalized spacial score (nSPS) is 12.2. The Kier molecular flexibility index (Phi) is 5.52. The van der Waals surface area contributed by atoms with Gasteiger partial charge in [-0.25, -0.2) is 9.78 Å². The van der Waals surface area contributed by atoms with Gasteiger partial charge in [0.05, 0.1) is 19.8 Å². The van der Waals surface area contributed by atoms with Crippen LogP contribution in [0.4, 0.5) is 4.79 Å². The monoisotopic (exact) mass is 296 g/mol. The topological polar surface area (TPSA) is 86.8 Å². The summed E-state index contributed by atoms with van der Waals surface area (Å²) < 4.78 is 15.4. The van der Waals surface area contributed by atoms with Crippen molar-refractivity contribution in [3.8, 4) is 11.6 Å².